The maximum atomic E-state index is 8.84. The van der Waals surface area contributed by atoms with E-state index in [4.69, 9.17) is 29.2 Å². The highest BCUT2D eigenvalue weighted by atomic mass is 16.7. The molecule has 6 atom stereocenters. The summed E-state index contributed by atoms with van der Waals surface area (Å²) >= 11 is 0. The number of fused-ring (bicyclic) bond motifs is 1. The zero-order chi connectivity index (χ0) is 16.9. The molecule has 24 heavy (non-hydrogen) atoms. The fourth-order valence-corrected chi connectivity index (χ4v) is 3.17. The molecular weight excluding hydrogens is 314 g/mol. The van der Waals surface area contributed by atoms with Crippen molar-refractivity contribution in [3.8, 4) is 0 Å². The van der Waals surface area contributed by atoms with Gasteiger partial charge in [0.2, 0.25) is 0 Å². The molecule has 0 radical (unpaired) electrons. The molecule has 130 valence electrons. The first-order chi connectivity index (χ1) is 11.8. The Hall–Kier alpha value is -1.67. The van der Waals surface area contributed by atoms with Crippen LogP contribution >= 0.6 is 0 Å². The normalized spacial score (nSPS) is 35.2. The number of benzene rings is 1. The molecule has 2 fully saturated rings. The van der Waals surface area contributed by atoms with Crippen LogP contribution in [0, 0.1) is 0 Å². The predicted molar refractivity (Wildman–Crippen MR) is 84.2 cm³/mol. The molecule has 3 rings (SSSR count). The van der Waals surface area contributed by atoms with Gasteiger partial charge in [-0.1, -0.05) is 35.4 Å². The number of azide groups is 1. The van der Waals surface area contributed by atoms with Crippen LogP contribution in [0.4, 0.5) is 0 Å². The fourth-order valence-electron chi connectivity index (χ4n) is 3.17. The van der Waals surface area contributed by atoms with Gasteiger partial charge >= 0.3 is 0 Å². The molecule has 8 nitrogen and oxygen atoms in total. The van der Waals surface area contributed by atoms with Crippen molar-refractivity contribution in [3.05, 3.63) is 46.3 Å². The van der Waals surface area contributed by atoms with Crippen LogP contribution in [0.25, 0.3) is 10.4 Å². The van der Waals surface area contributed by atoms with Crippen LogP contribution in [0.3, 0.4) is 0 Å². The van der Waals surface area contributed by atoms with E-state index < -0.39 is 24.5 Å². The molecule has 2 heterocycles. The minimum atomic E-state index is -0.587. The second kappa shape index (κ2) is 7.94. The lowest BCUT2D eigenvalue weighted by Gasteiger charge is -2.36. The summed E-state index contributed by atoms with van der Waals surface area (Å²) in [5.41, 5.74) is 9.89. The van der Waals surface area contributed by atoms with Crippen LogP contribution in [-0.4, -0.2) is 57.6 Å². The second-order valence-corrected chi connectivity index (χ2v) is 5.73. The Balaban J connectivity index is 1.74. The lowest BCUT2D eigenvalue weighted by atomic mass is 9.96. The Morgan fingerprint density at radius 2 is 2.00 bits per heavy atom. The molecule has 0 N–H and O–H groups in total. The molecule has 0 bridgehead atoms. The van der Waals surface area contributed by atoms with E-state index >= 15 is 0 Å². The molecule has 0 amide bonds. The molecular formula is C16H21N3O5. The van der Waals surface area contributed by atoms with E-state index in [1.54, 1.807) is 14.2 Å². The summed E-state index contributed by atoms with van der Waals surface area (Å²) in [6.45, 7) is 0.730. The Labute approximate surface area is 140 Å². The third kappa shape index (κ3) is 3.39. The molecule has 2 aliphatic heterocycles. The van der Waals surface area contributed by atoms with Crippen molar-refractivity contribution < 1.29 is 23.7 Å². The van der Waals surface area contributed by atoms with Gasteiger partial charge in [-0.25, -0.2) is 0 Å². The van der Waals surface area contributed by atoms with Crippen LogP contribution in [0.2, 0.25) is 0 Å². The zero-order valence-corrected chi connectivity index (χ0v) is 13.6. The summed E-state index contributed by atoms with van der Waals surface area (Å²) in [6, 6.07) is 9.36. The quantitative estimate of drug-likeness (QED) is 0.450. The average Bonchev–Trinajstić information content (AvgIpc) is 2.99. The third-order valence-corrected chi connectivity index (χ3v) is 4.38. The summed E-state index contributed by atoms with van der Waals surface area (Å²) in [5.74, 6) is 0. The highest BCUT2D eigenvalue weighted by Gasteiger charge is 2.54. The minimum absolute atomic E-state index is 0.312. The van der Waals surface area contributed by atoms with E-state index in [0.29, 0.717) is 13.2 Å². The van der Waals surface area contributed by atoms with Gasteiger partial charge in [-0.3, -0.25) is 0 Å². The number of ether oxygens (including phenoxy) is 5. The first-order valence-corrected chi connectivity index (χ1v) is 7.81. The molecule has 1 aromatic rings. The fraction of sp³-hybridized carbons (Fsp3) is 0.625. The van der Waals surface area contributed by atoms with Gasteiger partial charge in [0.15, 0.2) is 6.29 Å². The summed E-state index contributed by atoms with van der Waals surface area (Å²) in [5, 5.41) is 3.84. The van der Waals surface area contributed by atoms with Gasteiger partial charge in [-0.05, 0) is 11.1 Å². The average molecular weight is 335 g/mol. The van der Waals surface area contributed by atoms with Crippen molar-refractivity contribution >= 4 is 0 Å². The van der Waals surface area contributed by atoms with Gasteiger partial charge in [-0.2, -0.15) is 0 Å². The molecule has 1 aromatic carbocycles. The summed E-state index contributed by atoms with van der Waals surface area (Å²) in [6.07, 6.45) is -2.19. The van der Waals surface area contributed by atoms with Crippen LogP contribution < -0.4 is 0 Å². The third-order valence-electron chi connectivity index (χ3n) is 4.38. The zero-order valence-electron chi connectivity index (χ0n) is 13.6. The van der Waals surface area contributed by atoms with Gasteiger partial charge in [-0.15, -0.1) is 0 Å². The lowest BCUT2D eigenvalue weighted by molar-refractivity contribution is -0.168. The van der Waals surface area contributed by atoms with Crippen molar-refractivity contribution in [2.45, 2.75) is 43.4 Å². The standard InChI is InChI=1S/C16H21N3O5/c1-20-11-9-23-14-13(12(11)18-19-17)24-16(21-2)15(14)22-8-10-6-4-3-5-7-10/h3-7,11-16H,8-9H2,1-2H3/t11-,12-,13-,14-,15-,16-/m1/s1. The van der Waals surface area contributed by atoms with Crippen LogP contribution in [0.5, 0.6) is 0 Å². The van der Waals surface area contributed by atoms with E-state index in [1.807, 2.05) is 30.3 Å². The van der Waals surface area contributed by atoms with E-state index in [9.17, 15) is 0 Å². The predicted octanol–water partition coefficient (Wildman–Crippen LogP) is 2.04. The lowest BCUT2D eigenvalue weighted by Crippen LogP contribution is -2.53. The van der Waals surface area contributed by atoms with Gasteiger partial charge in [0, 0.05) is 19.1 Å². The number of rotatable bonds is 6. The van der Waals surface area contributed by atoms with Crippen LogP contribution in [0.1, 0.15) is 5.56 Å². The maximum Gasteiger partial charge on any atom is 0.186 e. The van der Waals surface area contributed by atoms with Gasteiger partial charge in [0.1, 0.15) is 18.3 Å². The number of methoxy groups -OCH3 is 2. The first-order valence-electron chi connectivity index (χ1n) is 7.81. The summed E-state index contributed by atoms with van der Waals surface area (Å²) < 4.78 is 28.5. The van der Waals surface area contributed by atoms with Gasteiger partial charge < -0.3 is 23.7 Å². The van der Waals surface area contributed by atoms with Gasteiger partial charge in [0.25, 0.3) is 0 Å². The number of hydrogen-bond donors (Lipinski definition) is 0. The Morgan fingerprint density at radius 3 is 2.67 bits per heavy atom. The molecule has 2 saturated heterocycles. The maximum absolute atomic E-state index is 8.84. The van der Waals surface area contributed by atoms with Crippen LogP contribution in [0.15, 0.2) is 35.4 Å². The molecule has 8 heteroatoms. The number of nitrogens with zero attached hydrogens (tertiary/aromatic N) is 3. The molecule has 2 aliphatic rings. The Bertz CT molecular complexity index is 580. The van der Waals surface area contributed by atoms with Crippen LogP contribution in [-0.2, 0) is 30.3 Å². The minimum Gasteiger partial charge on any atom is -0.379 e. The SMILES string of the molecule is CO[C@@H]1O[C@@H]2[C@H](N=[N+]=[N-])[C@H](OC)CO[C@H]2[C@H]1OCc1ccccc1. The first kappa shape index (κ1) is 17.2. The Morgan fingerprint density at radius 1 is 1.21 bits per heavy atom. The summed E-state index contributed by atoms with van der Waals surface area (Å²) in [7, 11) is 3.11. The molecule has 0 saturated carbocycles. The van der Waals surface area contributed by atoms with E-state index in [0.717, 1.165) is 5.56 Å². The highest BCUT2D eigenvalue weighted by Crippen LogP contribution is 2.35. The van der Waals surface area contributed by atoms with E-state index in [2.05, 4.69) is 10.0 Å². The molecule has 0 unspecified atom stereocenters. The summed E-state index contributed by atoms with van der Waals surface area (Å²) in [4.78, 5) is 2.92. The van der Waals surface area contributed by atoms with Crippen molar-refractivity contribution in [1.29, 1.82) is 0 Å². The van der Waals surface area contributed by atoms with Crippen molar-refractivity contribution in [2.24, 2.45) is 5.11 Å². The van der Waals surface area contributed by atoms with E-state index in [1.165, 1.54) is 0 Å². The van der Waals surface area contributed by atoms with E-state index in [-0.39, 0.29) is 12.2 Å². The second-order valence-electron chi connectivity index (χ2n) is 5.73. The van der Waals surface area contributed by atoms with Gasteiger partial charge in [0.05, 0.1) is 25.4 Å². The van der Waals surface area contributed by atoms with Crippen molar-refractivity contribution in [3.63, 3.8) is 0 Å². The van der Waals surface area contributed by atoms with Crippen molar-refractivity contribution in [1.82, 2.24) is 0 Å². The monoisotopic (exact) mass is 335 g/mol. The van der Waals surface area contributed by atoms with Crippen molar-refractivity contribution in [2.75, 3.05) is 20.8 Å². The Kier molecular flexibility index (Phi) is 5.68. The highest BCUT2D eigenvalue weighted by molar-refractivity contribution is 5.13. The number of hydrogen-bond acceptors (Lipinski definition) is 6. The molecule has 0 aliphatic carbocycles. The largest absolute Gasteiger partial charge is 0.379 e. The smallest absolute Gasteiger partial charge is 0.186 e. The molecule has 0 aromatic heterocycles. The molecule has 0 spiro atoms. The topological polar surface area (TPSA) is 94.9 Å².